The van der Waals surface area contributed by atoms with Gasteiger partial charge in [-0.05, 0) is 18.6 Å². The van der Waals surface area contributed by atoms with Crippen molar-refractivity contribution in [3.8, 4) is 11.5 Å². The molecule has 0 bridgehead atoms. The number of nitrogen functional groups attached to an aromatic ring is 1. The number of nitrogens with two attached hydrogens (primary N) is 1. The van der Waals surface area contributed by atoms with Crippen LogP contribution in [-0.4, -0.2) is 10.1 Å². The van der Waals surface area contributed by atoms with Crippen molar-refractivity contribution >= 4 is 28.9 Å². The van der Waals surface area contributed by atoms with E-state index in [1.165, 1.54) is 0 Å². The van der Waals surface area contributed by atoms with Gasteiger partial charge in [0.2, 0.25) is 0 Å². The summed E-state index contributed by atoms with van der Waals surface area (Å²) in [6.07, 6.45) is 1.69. The predicted octanol–water partition coefficient (Wildman–Crippen LogP) is 3.58. The van der Waals surface area contributed by atoms with Crippen LogP contribution < -0.4 is 5.73 Å². The molecule has 1 aromatic carbocycles. The molecule has 2 rings (SSSR count). The average Bonchev–Trinajstić information content (AvgIpc) is 2.73. The van der Waals surface area contributed by atoms with Gasteiger partial charge < -0.3 is 10.3 Å². The van der Waals surface area contributed by atoms with Gasteiger partial charge in [-0.3, -0.25) is 0 Å². The molecule has 0 unspecified atom stereocenters. The maximum Gasteiger partial charge on any atom is 0.261 e. The van der Waals surface area contributed by atoms with Crippen molar-refractivity contribution in [3.63, 3.8) is 0 Å². The average molecular weight is 272 g/mol. The molecule has 0 radical (unpaired) electrons. The smallest absolute Gasteiger partial charge is 0.261 e. The highest BCUT2D eigenvalue weighted by atomic mass is 35.5. The van der Waals surface area contributed by atoms with Crippen LogP contribution in [0.4, 0.5) is 5.69 Å². The Kier molecular flexibility index (Phi) is 3.54. The van der Waals surface area contributed by atoms with Crippen LogP contribution in [0.2, 0.25) is 10.0 Å². The minimum atomic E-state index is 0.304. The van der Waals surface area contributed by atoms with Crippen molar-refractivity contribution in [1.82, 2.24) is 10.1 Å². The van der Waals surface area contributed by atoms with Crippen molar-refractivity contribution in [2.45, 2.75) is 19.8 Å². The number of benzene rings is 1. The van der Waals surface area contributed by atoms with Gasteiger partial charge >= 0.3 is 0 Å². The second kappa shape index (κ2) is 4.94. The second-order valence-electron chi connectivity index (χ2n) is 3.58. The van der Waals surface area contributed by atoms with Crippen LogP contribution in [0.5, 0.6) is 0 Å². The zero-order valence-corrected chi connectivity index (χ0v) is 10.7. The molecule has 0 saturated heterocycles. The molecular weight excluding hydrogens is 261 g/mol. The normalized spacial score (nSPS) is 10.8. The van der Waals surface area contributed by atoms with Gasteiger partial charge in [-0.25, -0.2) is 0 Å². The van der Waals surface area contributed by atoms with Crippen LogP contribution in [0.15, 0.2) is 16.7 Å². The third-order valence-electron chi connectivity index (χ3n) is 2.30. The molecule has 0 saturated carbocycles. The van der Waals surface area contributed by atoms with Crippen LogP contribution in [-0.2, 0) is 6.42 Å². The third-order valence-corrected chi connectivity index (χ3v) is 2.94. The molecule has 0 aliphatic rings. The fraction of sp³-hybridized carbons (Fsp3) is 0.273. The Morgan fingerprint density at radius 2 is 2.00 bits per heavy atom. The molecule has 6 heteroatoms. The third kappa shape index (κ3) is 2.37. The number of rotatable bonds is 3. The maximum absolute atomic E-state index is 6.06. The van der Waals surface area contributed by atoms with Gasteiger partial charge in [-0.15, -0.1) is 0 Å². The molecule has 2 N–H and O–H groups in total. The molecule has 90 valence electrons. The SMILES string of the molecule is CCCc1noc(-c2c(Cl)ccc(Cl)c2N)n1. The van der Waals surface area contributed by atoms with E-state index in [9.17, 15) is 0 Å². The lowest BCUT2D eigenvalue weighted by atomic mass is 10.2. The summed E-state index contributed by atoms with van der Waals surface area (Å²) in [6.45, 7) is 2.04. The lowest BCUT2D eigenvalue weighted by Gasteiger charge is -2.04. The zero-order chi connectivity index (χ0) is 12.4. The minimum absolute atomic E-state index is 0.304. The highest BCUT2D eigenvalue weighted by Crippen LogP contribution is 2.36. The second-order valence-corrected chi connectivity index (χ2v) is 4.40. The highest BCUT2D eigenvalue weighted by Gasteiger charge is 2.17. The number of aromatic nitrogens is 2. The van der Waals surface area contributed by atoms with Crippen LogP contribution in [0, 0.1) is 0 Å². The fourth-order valence-electron chi connectivity index (χ4n) is 1.47. The van der Waals surface area contributed by atoms with E-state index in [0.717, 1.165) is 12.8 Å². The number of hydrogen-bond acceptors (Lipinski definition) is 4. The Bertz CT molecular complexity index is 540. The van der Waals surface area contributed by atoms with Gasteiger partial charge in [-0.1, -0.05) is 35.3 Å². The monoisotopic (exact) mass is 271 g/mol. The van der Waals surface area contributed by atoms with Crippen molar-refractivity contribution in [2.75, 3.05) is 5.73 Å². The first-order valence-electron chi connectivity index (χ1n) is 5.20. The highest BCUT2D eigenvalue weighted by molar-refractivity contribution is 6.37. The number of aryl methyl sites for hydroxylation is 1. The standard InChI is InChI=1S/C11H11Cl2N3O/c1-2-3-8-15-11(17-16-8)9-6(12)4-5-7(13)10(9)14/h4-5H,2-3,14H2,1H3. The lowest BCUT2D eigenvalue weighted by molar-refractivity contribution is 0.422. The summed E-state index contributed by atoms with van der Waals surface area (Å²) in [5, 5.41) is 4.71. The number of nitrogens with zero attached hydrogens (tertiary/aromatic N) is 2. The van der Waals surface area contributed by atoms with Gasteiger partial charge in [0.1, 0.15) is 0 Å². The van der Waals surface area contributed by atoms with E-state index >= 15 is 0 Å². The lowest BCUT2D eigenvalue weighted by Crippen LogP contribution is -1.93. The first-order valence-corrected chi connectivity index (χ1v) is 5.95. The quantitative estimate of drug-likeness (QED) is 0.867. The summed E-state index contributed by atoms with van der Waals surface area (Å²) in [7, 11) is 0. The molecule has 2 aromatic rings. The van der Waals surface area contributed by atoms with E-state index in [0.29, 0.717) is 33.0 Å². The van der Waals surface area contributed by atoms with Crippen molar-refractivity contribution in [3.05, 3.63) is 28.0 Å². The van der Waals surface area contributed by atoms with Crippen molar-refractivity contribution < 1.29 is 4.52 Å². The van der Waals surface area contributed by atoms with Crippen LogP contribution in [0.25, 0.3) is 11.5 Å². The Morgan fingerprint density at radius 1 is 1.29 bits per heavy atom. The number of anilines is 1. The molecule has 0 spiro atoms. The summed E-state index contributed by atoms with van der Waals surface area (Å²) in [5.41, 5.74) is 6.70. The van der Waals surface area contributed by atoms with E-state index in [4.69, 9.17) is 33.5 Å². The Hall–Kier alpha value is -1.26. The summed E-state index contributed by atoms with van der Waals surface area (Å²) in [4.78, 5) is 4.23. The summed E-state index contributed by atoms with van der Waals surface area (Å²) < 4.78 is 5.14. The predicted molar refractivity (Wildman–Crippen MR) is 68.2 cm³/mol. The van der Waals surface area contributed by atoms with Gasteiger partial charge in [0.15, 0.2) is 5.82 Å². The van der Waals surface area contributed by atoms with Crippen molar-refractivity contribution in [2.24, 2.45) is 0 Å². The first kappa shape index (κ1) is 12.2. The Balaban J connectivity index is 2.48. The molecule has 1 heterocycles. The largest absolute Gasteiger partial charge is 0.397 e. The van der Waals surface area contributed by atoms with Crippen LogP contribution in [0.1, 0.15) is 19.2 Å². The Morgan fingerprint density at radius 3 is 2.71 bits per heavy atom. The molecule has 1 aromatic heterocycles. The van der Waals surface area contributed by atoms with E-state index < -0.39 is 0 Å². The van der Waals surface area contributed by atoms with E-state index in [1.807, 2.05) is 6.92 Å². The molecule has 0 amide bonds. The molecule has 0 atom stereocenters. The van der Waals surface area contributed by atoms with Gasteiger partial charge in [0.25, 0.3) is 5.89 Å². The Labute approximate surface area is 109 Å². The van der Waals surface area contributed by atoms with Gasteiger partial charge in [-0.2, -0.15) is 4.98 Å². The molecule has 0 aliphatic carbocycles. The maximum atomic E-state index is 6.06. The van der Waals surface area contributed by atoms with E-state index in [1.54, 1.807) is 12.1 Å². The molecule has 17 heavy (non-hydrogen) atoms. The molecule has 0 fully saturated rings. The summed E-state index contributed by atoms with van der Waals surface area (Å²) in [5.74, 6) is 0.941. The minimum Gasteiger partial charge on any atom is -0.397 e. The zero-order valence-electron chi connectivity index (χ0n) is 9.20. The molecule has 4 nitrogen and oxygen atoms in total. The van der Waals surface area contributed by atoms with Gasteiger partial charge in [0.05, 0.1) is 21.3 Å². The molecular formula is C11H11Cl2N3O. The van der Waals surface area contributed by atoms with E-state index in [-0.39, 0.29) is 0 Å². The van der Waals surface area contributed by atoms with Crippen molar-refractivity contribution in [1.29, 1.82) is 0 Å². The summed E-state index contributed by atoms with van der Waals surface area (Å²) in [6, 6.07) is 3.28. The summed E-state index contributed by atoms with van der Waals surface area (Å²) >= 11 is 12.0. The van der Waals surface area contributed by atoms with Gasteiger partial charge in [0, 0.05) is 6.42 Å². The van der Waals surface area contributed by atoms with Crippen LogP contribution in [0.3, 0.4) is 0 Å². The van der Waals surface area contributed by atoms with Crippen LogP contribution >= 0.6 is 23.2 Å². The number of hydrogen-bond donors (Lipinski definition) is 1. The van der Waals surface area contributed by atoms with E-state index in [2.05, 4.69) is 10.1 Å². The fourth-order valence-corrected chi connectivity index (χ4v) is 1.87. The molecule has 0 aliphatic heterocycles. The first-order chi connectivity index (χ1) is 8.13. The number of halogens is 2. The topological polar surface area (TPSA) is 64.9 Å².